The minimum atomic E-state index is 0.422. The highest BCUT2D eigenvalue weighted by molar-refractivity contribution is 5.90. The van der Waals surface area contributed by atoms with Gasteiger partial charge in [0.25, 0.3) is 0 Å². The molecule has 2 aliphatic rings. The molecule has 2 bridgehead atoms. The molecule has 0 spiro atoms. The van der Waals surface area contributed by atoms with E-state index in [1.165, 1.54) is 0 Å². The Balaban J connectivity index is 2.18. The third-order valence-corrected chi connectivity index (χ3v) is 3.02. The molecule has 2 unspecified atom stereocenters. The van der Waals surface area contributed by atoms with Crippen molar-refractivity contribution in [1.29, 1.82) is 5.41 Å². The lowest BCUT2D eigenvalue weighted by molar-refractivity contribution is -0.0000203. The van der Waals surface area contributed by atoms with Crippen LogP contribution in [-0.4, -0.2) is 35.9 Å². The summed E-state index contributed by atoms with van der Waals surface area (Å²) in [4.78, 5) is 2.27. The second-order valence-corrected chi connectivity index (χ2v) is 4.19. The predicted octanol–water partition coefficient (Wildman–Crippen LogP) is 0.194. The van der Waals surface area contributed by atoms with Crippen LogP contribution in [-0.2, 0) is 4.74 Å². The molecule has 2 saturated heterocycles. The molecule has 4 N–H and O–H groups in total. The average molecular weight is 210 g/mol. The van der Waals surface area contributed by atoms with Gasteiger partial charge in [0.05, 0.1) is 25.3 Å². The van der Waals surface area contributed by atoms with Gasteiger partial charge < -0.3 is 20.5 Å². The number of nitrogens with two attached hydrogens (primary N) is 1. The van der Waals surface area contributed by atoms with Crippen molar-refractivity contribution in [3.05, 3.63) is 11.9 Å². The summed E-state index contributed by atoms with van der Waals surface area (Å²) in [6, 6.07) is 0.843. The van der Waals surface area contributed by atoms with Gasteiger partial charge in [-0.05, 0) is 19.8 Å². The molecule has 84 valence electrons. The lowest BCUT2D eigenvalue weighted by Gasteiger charge is -2.37. The number of hydrogen-bond acceptors (Lipinski definition) is 5. The molecule has 5 heteroatoms. The first-order chi connectivity index (χ1) is 7.22. The van der Waals surface area contributed by atoms with Crippen LogP contribution in [0.4, 0.5) is 0 Å². The first-order valence-electron chi connectivity index (χ1n) is 5.32. The predicted molar refractivity (Wildman–Crippen MR) is 58.3 cm³/mol. The number of fused-ring (bicyclic) bond motifs is 2. The number of ether oxygens (including phenoxy) is 1. The number of nitrogens with zero attached hydrogens (tertiary/aromatic N) is 1. The Morgan fingerprint density at radius 2 is 2.07 bits per heavy atom. The van der Waals surface area contributed by atoms with Gasteiger partial charge in [-0.1, -0.05) is 0 Å². The minimum Gasteiger partial charge on any atom is -0.377 e. The Bertz CT molecular complexity index is 273. The molecule has 2 aliphatic heterocycles. The highest BCUT2D eigenvalue weighted by Crippen LogP contribution is 2.31. The van der Waals surface area contributed by atoms with Gasteiger partial charge in [-0.25, -0.2) is 5.84 Å². The van der Waals surface area contributed by atoms with Crippen LogP contribution in [0.3, 0.4) is 0 Å². The van der Waals surface area contributed by atoms with E-state index < -0.39 is 0 Å². The molecule has 0 radical (unpaired) electrons. The fourth-order valence-electron chi connectivity index (χ4n) is 2.42. The molecule has 2 rings (SSSR count). The van der Waals surface area contributed by atoms with E-state index in [9.17, 15) is 0 Å². The smallest absolute Gasteiger partial charge is 0.118 e. The molecular formula is C10H18N4O. The zero-order chi connectivity index (χ0) is 10.8. The number of hydrogen-bond donors (Lipinski definition) is 3. The Kier molecular flexibility index (Phi) is 2.93. The summed E-state index contributed by atoms with van der Waals surface area (Å²) in [6.07, 6.45) is 4.08. The zero-order valence-electron chi connectivity index (χ0n) is 8.99. The molecule has 0 amide bonds. The van der Waals surface area contributed by atoms with Crippen molar-refractivity contribution >= 4 is 5.71 Å². The second-order valence-electron chi connectivity index (χ2n) is 4.19. The van der Waals surface area contributed by atoms with E-state index in [2.05, 4.69) is 10.3 Å². The molecule has 5 nitrogen and oxygen atoms in total. The maximum absolute atomic E-state index is 7.47. The summed E-state index contributed by atoms with van der Waals surface area (Å²) in [5, 5.41) is 7.47. The van der Waals surface area contributed by atoms with Crippen LogP contribution in [0.15, 0.2) is 11.9 Å². The fourth-order valence-corrected chi connectivity index (χ4v) is 2.42. The average Bonchev–Trinajstić information content (AvgIpc) is 2.46. The molecule has 0 aromatic carbocycles. The zero-order valence-corrected chi connectivity index (χ0v) is 8.99. The Hall–Kier alpha value is -1.07. The van der Waals surface area contributed by atoms with Gasteiger partial charge in [0.15, 0.2) is 0 Å². The number of nitrogens with one attached hydrogen (secondary N) is 2. The van der Waals surface area contributed by atoms with Crippen LogP contribution < -0.4 is 11.3 Å². The minimum absolute atomic E-state index is 0.422. The first-order valence-corrected chi connectivity index (χ1v) is 5.32. The van der Waals surface area contributed by atoms with E-state index in [-0.39, 0.29) is 0 Å². The Morgan fingerprint density at radius 3 is 2.53 bits per heavy atom. The van der Waals surface area contributed by atoms with E-state index in [1.54, 1.807) is 13.0 Å². The quantitative estimate of drug-likeness (QED) is 0.353. The molecule has 0 aromatic rings. The van der Waals surface area contributed by atoms with E-state index in [1.807, 2.05) is 0 Å². The largest absolute Gasteiger partial charge is 0.377 e. The van der Waals surface area contributed by atoms with Gasteiger partial charge in [0.2, 0.25) is 0 Å². The fraction of sp³-hybridized carbons (Fsp3) is 0.700. The summed E-state index contributed by atoms with van der Waals surface area (Å²) >= 11 is 0. The van der Waals surface area contributed by atoms with E-state index in [0.29, 0.717) is 17.8 Å². The van der Waals surface area contributed by atoms with Crippen LogP contribution in [0.1, 0.15) is 19.8 Å². The number of hydrazine groups is 1. The molecule has 2 atom stereocenters. The van der Waals surface area contributed by atoms with Crippen molar-refractivity contribution < 1.29 is 4.74 Å². The van der Waals surface area contributed by atoms with Crippen molar-refractivity contribution in [3.8, 4) is 0 Å². The van der Waals surface area contributed by atoms with Crippen LogP contribution in [0.25, 0.3) is 0 Å². The Morgan fingerprint density at radius 1 is 1.47 bits per heavy atom. The van der Waals surface area contributed by atoms with Gasteiger partial charge in [-0.15, -0.1) is 0 Å². The highest BCUT2D eigenvalue weighted by atomic mass is 16.5. The molecule has 0 aromatic heterocycles. The first kappa shape index (κ1) is 10.4. The van der Waals surface area contributed by atoms with E-state index in [0.717, 1.165) is 31.9 Å². The second kappa shape index (κ2) is 4.20. The Labute approximate surface area is 89.7 Å². The third kappa shape index (κ3) is 1.98. The van der Waals surface area contributed by atoms with Crippen LogP contribution in [0, 0.1) is 5.41 Å². The molecule has 15 heavy (non-hydrogen) atoms. The van der Waals surface area contributed by atoms with Gasteiger partial charge >= 0.3 is 0 Å². The van der Waals surface area contributed by atoms with Gasteiger partial charge in [0.1, 0.15) is 5.82 Å². The summed E-state index contributed by atoms with van der Waals surface area (Å²) in [6.45, 7) is 3.29. The summed E-state index contributed by atoms with van der Waals surface area (Å²) in [7, 11) is 0. The number of allylic oxidation sites excluding steroid dienone is 1. The SMILES string of the molecule is CC(=N)/C=C(\NN)N1C2CCC1COC2. The van der Waals surface area contributed by atoms with E-state index in [4.69, 9.17) is 16.0 Å². The molecule has 0 saturated carbocycles. The number of morpholine rings is 1. The van der Waals surface area contributed by atoms with Gasteiger partial charge in [0, 0.05) is 11.8 Å². The van der Waals surface area contributed by atoms with Gasteiger partial charge in [-0.3, -0.25) is 0 Å². The molecular weight excluding hydrogens is 192 g/mol. The van der Waals surface area contributed by atoms with Crippen LogP contribution in [0.5, 0.6) is 0 Å². The molecule has 0 aliphatic carbocycles. The van der Waals surface area contributed by atoms with Crippen LogP contribution >= 0.6 is 0 Å². The van der Waals surface area contributed by atoms with Crippen molar-refractivity contribution in [2.45, 2.75) is 31.8 Å². The maximum atomic E-state index is 7.47. The van der Waals surface area contributed by atoms with Gasteiger partial charge in [-0.2, -0.15) is 0 Å². The summed E-state index contributed by atoms with van der Waals surface area (Å²) in [5.41, 5.74) is 3.20. The van der Waals surface area contributed by atoms with Crippen molar-refractivity contribution in [3.63, 3.8) is 0 Å². The third-order valence-electron chi connectivity index (χ3n) is 3.02. The number of rotatable bonds is 3. The molecule has 2 heterocycles. The normalized spacial score (nSPS) is 30.5. The van der Waals surface area contributed by atoms with Crippen molar-refractivity contribution in [1.82, 2.24) is 10.3 Å². The summed E-state index contributed by atoms with van der Waals surface area (Å²) in [5.74, 6) is 6.35. The lowest BCUT2D eigenvalue weighted by atomic mass is 10.2. The summed E-state index contributed by atoms with van der Waals surface area (Å²) < 4.78 is 5.50. The topological polar surface area (TPSA) is 74.4 Å². The van der Waals surface area contributed by atoms with Crippen LogP contribution in [0.2, 0.25) is 0 Å². The van der Waals surface area contributed by atoms with Crippen molar-refractivity contribution in [2.75, 3.05) is 13.2 Å². The molecule has 2 fully saturated rings. The maximum Gasteiger partial charge on any atom is 0.118 e. The highest BCUT2D eigenvalue weighted by Gasteiger charge is 2.38. The lowest BCUT2D eigenvalue weighted by Crippen LogP contribution is -2.49. The monoisotopic (exact) mass is 210 g/mol. The van der Waals surface area contributed by atoms with Crippen molar-refractivity contribution in [2.24, 2.45) is 5.84 Å². The standard InChI is InChI=1S/C10H18N4O/c1-7(11)4-10(13-12)14-8-2-3-9(14)6-15-5-8/h4,8-9,11,13H,2-3,5-6,12H2,1H3/b10-4+,11-7?. The van der Waals surface area contributed by atoms with E-state index >= 15 is 0 Å².